The third kappa shape index (κ3) is 6.97. The topological polar surface area (TPSA) is 101 Å². The summed E-state index contributed by atoms with van der Waals surface area (Å²) in [6.07, 6.45) is 5.75. The molecule has 2 saturated carbocycles. The molecule has 1 heterocycles. The molecule has 2 bridgehead atoms. The number of hydrogen-bond donors (Lipinski definition) is 3. The Balaban J connectivity index is 1.48. The summed E-state index contributed by atoms with van der Waals surface area (Å²) in [4.78, 5) is 32.5. The van der Waals surface area contributed by atoms with Gasteiger partial charge in [0.15, 0.2) is 0 Å². The first-order chi connectivity index (χ1) is 17.9. The first-order valence-corrected chi connectivity index (χ1v) is 13.7. The fourth-order valence-electron chi connectivity index (χ4n) is 6.71. The van der Waals surface area contributed by atoms with Crippen molar-refractivity contribution in [2.45, 2.75) is 90.3 Å². The number of halogens is 3. The van der Waals surface area contributed by atoms with E-state index in [-0.39, 0.29) is 17.9 Å². The van der Waals surface area contributed by atoms with Crippen molar-refractivity contribution < 1.29 is 22.8 Å². The van der Waals surface area contributed by atoms with E-state index in [4.69, 9.17) is 5.73 Å². The Morgan fingerprint density at radius 1 is 1.11 bits per heavy atom. The molecule has 2 aliphatic carbocycles. The zero-order valence-electron chi connectivity index (χ0n) is 22.2. The van der Waals surface area contributed by atoms with Crippen molar-refractivity contribution in [3.63, 3.8) is 0 Å². The van der Waals surface area contributed by atoms with Gasteiger partial charge in [-0.1, -0.05) is 38.8 Å². The second-order valence-corrected chi connectivity index (χ2v) is 11.9. The Kier molecular flexibility index (Phi) is 8.52. The predicted molar refractivity (Wildman–Crippen MR) is 140 cm³/mol. The third-order valence-corrected chi connectivity index (χ3v) is 8.33. The summed E-state index contributed by atoms with van der Waals surface area (Å²) in [5, 5.41) is 3.26. The summed E-state index contributed by atoms with van der Waals surface area (Å²) in [5.74, 6) is 2.16. The SMILES string of the molecule is CC1CC2CC(C1)CC(C)(C(=O)N[C@@H](CCCCCC(N)=O)c1ncc(-c3ccc(C(F)(F)F)cc3)[nH]1)C2. The number of nitrogens with one attached hydrogen (secondary N) is 2. The number of imidazole rings is 1. The molecule has 4 rings (SSSR count). The van der Waals surface area contributed by atoms with E-state index < -0.39 is 17.2 Å². The number of H-pyrrole nitrogens is 1. The van der Waals surface area contributed by atoms with Gasteiger partial charge in [0, 0.05) is 11.8 Å². The van der Waals surface area contributed by atoms with Crippen LogP contribution in [-0.4, -0.2) is 21.8 Å². The molecule has 1 aromatic carbocycles. The summed E-state index contributed by atoms with van der Waals surface area (Å²) in [6, 6.07) is 4.57. The molecule has 6 nitrogen and oxygen atoms in total. The van der Waals surface area contributed by atoms with Crippen molar-refractivity contribution in [3.05, 3.63) is 41.9 Å². The Bertz CT molecular complexity index is 1090. The maximum absolute atomic E-state index is 13.7. The minimum Gasteiger partial charge on any atom is -0.370 e. The quantitative estimate of drug-likeness (QED) is 0.303. The summed E-state index contributed by atoms with van der Waals surface area (Å²) in [7, 11) is 0. The number of aromatic nitrogens is 2. The van der Waals surface area contributed by atoms with E-state index in [1.54, 1.807) is 6.20 Å². The number of benzene rings is 1. The van der Waals surface area contributed by atoms with Crippen LogP contribution in [0.25, 0.3) is 11.3 Å². The molecule has 2 amide bonds. The van der Waals surface area contributed by atoms with Crippen molar-refractivity contribution in [3.8, 4) is 11.3 Å². The molecule has 1 aromatic heterocycles. The van der Waals surface area contributed by atoms with Crippen molar-refractivity contribution >= 4 is 11.8 Å². The molecular weight excluding hydrogens is 493 g/mol. The lowest BCUT2D eigenvalue weighted by atomic mass is 9.59. The Morgan fingerprint density at radius 3 is 2.37 bits per heavy atom. The first kappa shape index (κ1) is 28.2. The highest BCUT2D eigenvalue weighted by atomic mass is 19.4. The smallest absolute Gasteiger partial charge is 0.370 e. The zero-order chi connectivity index (χ0) is 27.5. The molecule has 2 fully saturated rings. The monoisotopic (exact) mass is 532 g/mol. The molecule has 0 aliphatic heterocycles. The van der Waals surface area contributed by atoms with Crippen molar-refractivity contribution in [2.24, 2.45) is 28.9 Å². The second-order valence-electron chi connectivity index (χ2n) is 11.9. The van der Waals surface area contributed by atoms with Gasteiger partial charge in [0.2, 0.25) is 11.8 Å². The average Bonchev–Trinajstić information content (AvgIpc) is 3.31. The normalized spacial score (nSPS) is 26.1. The van der Waals surface area contributed by atoms with Crippen LogP contribution < -0.4 is 11.1 Å². The fourth-order valence-corrected chi connectivity index (χ4v) is 6.71. The van der Waals surface area contributed by atoms with Crippen LogP contribution >= 0.6 is 0 Å². The van der Waals surface area contributed by atoms with Gasteiger partial charge in [0.25, 0.3) is 0 Å². The molecule has 2 aromatic rings. The number of hydrogen-bond acceptors (Lipinski definition) is 3. The van der Waals surface area contributed by atoms with E-state index >= 15 is 0 Å². The number of unbranched alkanes of at least 4 members (excludes halogenated alkanes) is 2. The highest BCUT2D eigenvalue weighted by Gasteiger charge is 2.45. The van der Waals surface area contributed by atoms with Crippen molar-refractivity contribution in [1.82, 2.24) is 15.3 Å². The van der Waals surface area contributed by atoms with E-state index in [0.29, 0.717) is 54.1 Å². The number of nitrogens with zero attached hydrogens (tertiary/aromatic N) is 1. The Morgan fingerprint density at radius 2 is 1.76 bits per heavy atom. The molecule has 2 aliphatic rings. The van der Waals surface area contributed by atoms with Crippen LogP contribution in [0, 0.1) is 23.2 Å². The van der Waals surface area contributed by atoms with Crippen LogP contribution in [-0.2, 0) is 15.8 Å². The maximum Gasteiger partial charge on any atom is 0.416 e. The lowest BCUT2D eigenvalue weighted by molar-refractivity contribution is -0.137. The Hall–Kier alpha value is -2.84. The van der Waals surface area contributed by atoms with Gasteiger partial charge in [-0.2, -0.15) is 13.2 Å². The van der Waals surface area contributed by atoms with Gasteiger partial charge < -0.3 is 16.0 Å². The van der Waals surface area contributed by atoms with E-state index in [2.05, 4.69) is 29.1 Å². The van der Waals surface area contributed by atoms with Crippen LogP contribution in [0.2, 0.25) is 0 Å². The highest BCUT2D eigenvalue weighted by molar-refractivity contribution is 5.82. The van der Waals surface area contributed by atoms with Crippen LogP contribution in [0.5, 0.6) is 0 Å². The number of carbonyl (C=O) groups is 2. The van der Waals surface area contributed by atoms with Gasteiger partial charge in [0.1, 0.15) is 5.82 Å². The van der Waals surface area contributed by atoms with Gasteiger partial charge in [-0.3, -0.25) is 9.59 Å². The van der Waals surface area contributed by atoms with Crippen molar-refractivity contribution in [2.75, 3.05) is 0 Å². The van der Waals surface area contributed by atoms with Crippen LogP contribution in [0.3, 0.4) is 0 Å². The maximum atomic E-state index is 13.7. The minimum absolute atomic E-state index is 0.0383. The number of aromatic amines is 1. The van der Waals surface area contributed by atoms with Gasteiger partial charge >= 0.3 is 6.18 Å². The van der Waals surface area contributed by atoms with Gasteiger partial charge in [-0.05, 0) is 80.4 Å². The molecule has 208 valence electrons. The summed E-state index contributed by atoms with van der Waals surface area (Å²) >= 11 is 0. The molecule has 4 N–H and O–H groups in total. The standard InChI is InChI=1S/C29H39F3N4O2/c1-18-12-19-14-20(13-18)16-28(2,15-19)27(38)36-23(6-4-3-5-7-25(33)37)26-34-17-24(35-26)21-8-10-22(11-9-21)29(30,31)32/h8-11,17-20,23H,3-7,12-16H2,1-2H3,(H2,33,37)(H,34,35)(H,36,38)/t18?,19?,20?,23-,28?/m0/s1. The number of nitrogens with two attached hydrogens (primary N) is 1. The number of rotatable bonds is 10. The average molecular weight is 533 g/mol. The lowest BCUT2D eigenvalue weighted by Crippen LogP contribution is -2.47. The molecule has 3 atom stereocenters. The summed E-state index contributed by atoms with van der Waals surface area (Å²) in [5.41, 5.74) is 5.30. The van der Waals surface area contributed by atoms with Crippen LogP contribution in [0.15, 0.2) is 30.5 Å². The zero-order valence-corrected chi connectivity index (χ0v) is 22.2. The number of primary amides is 1. The predicted octanol–water partition coefficient (Wildman–Crippen LogP) is 6.54. The number of amides is 2. The molecule has 38 heavy (non-hydrogen) atoms. The van der Waals surface area contributed by atoms with Crippen molar-refractivity contribution in [1.29, 1.82) is 0 Å². The lowest BCUT2D eigenvalue weighted by Gasteiger charge is -2.46. The first-order valence-electron chi connectivity index (χ1n) is 13.7. The molecule has 2 unspecified atom stereocenters. The fraction of sp³-hybridized carbons (Fsp3) is 0.621. The molecule has 0 spiro atoms. The number of fused-ring (bicyclic) bond motifs is 2. The minimum atomic E-state index is -4.40. The van der Waals surface area contributed by atoms with E-state index in [1.807, 2.05) is 0 Å². The molecular formula is C29H39F3N4O2. The Labute approximate surface area is 222 Å². The number of carbonyl (C=O) groups excluding carboxylic acids is 2. The highest BCUT2D eigenvalue weighted by Crippen LogP contribution is 2.50. The number of alkyl halides is 3. The van der Waals surface area contributed by atoms with E-state index in [9.17, 15) is 22.8 Å². The second kappa shape index (κ2) is 11.5. The molecule has 0 saturated heterocycles. The summed E-state index contributed by atoms with van der Waals surface area (Å²) < 4.78 is 38.9. The van der Waals surface area contributed by atoms with Crippen LogP contribution in [0.4, 0.5) is 13.2 Å². The largest absolute Gasteiger partial charge is 0.416 e. The van der Waals surface area contributed by atoms with Crippen LogP contribution in [0.1, 0.15) is 95.5 Å². The molecule has 9 heteroatoms. The van der Waals surface area contributed by atoms with E-state index in [0.717, 1.165) is 37.8 Å². The molecule has 0 radical (unpaired) electrons. The van der Waals surface area contributed by atoms with E-state index in [1.165, 1.54) is 31.4 Å². The summed E-state index contributed by atoms with van der Waals surface area (Å²) in [6.45, 7) is 4.39. The van der Waals surface area contributed by atoms with Gasteiger partial charge in [-0.25, -0.2) is 4.98 Å². The third-order valence-electron chi connectivity index (χ3n) is 8.33. The van der Waals surface area contributed by atoms with Gasteiger partial charge in [-0.15, -0.1) is 0 Å². The van der Waals surface area contributed by atoms with Gasteiger partial charge in [0.05, 0.1) is 23.5 Å².